The van der Waals surface area contributed by atoms with Crippen molar-refractivity contribution in [1.82, 2.24) is 15.5 Å². The molecule has 24 heavy (non-hydrogen) atoms. The van der Waals surface area contributed by atoms with Crippen LogP contribution in [0.3, 0.4) is 0 Å². The number of amides is 1. The van der Waals surface area contributed by atoms with Crippen LogP contribution < -0.4 is 10.6 Å². The van der Waals surface area contributed by atoms with Crippen LogP contribution in [0.25, 0.3) is 0 Å². The molecule has 1 saturated carbocycles. The standard InChI is InChI=1S/C18H34N4O2/c1-5-14(2)20-17(19-13-16(23)22(3)4)21-15-8-11-24-18(12-15)9-6-7-10-18/h14-15H,5-13H2,1-4H3,(H2,19,20,21). The molecule has 2 rings (SSSR count). The van der Waals surface area contributed by atoms with Crippen LogP contribution in [0.2, 0.25) is 0 Å². The van der Waals surface area contributed by atoms with Crippen LogP contribution in [0.1, 0.15) is 58.8 Å². The maximum absolute atomic E-state index is 11.8. The number of likely N-dealkylation sites (N-methyl/N-ethyl adjacent to an activating group) is 1. The molecule has 1 saturated heterocycles. The molecule has 6 heteroatoms. The first-order valence-electron chi connectivity index (χ1n) is 9.36. The molecule has 1 amide bonds. The summed E-state index contributed by atoms with van der Waals surface area (Å²) in [6.45, 7) is 5.26. The fraction of sp³-hybridized carbons (Fsp3) is 0.889. The zero-order valence-electron chi connectivity index (χ0n) is 15.7. The second kappa shape index (κ2) is 8.70. The van der Waals surface area contributed by atoms with Crippen LogP contribution in [0.4, 0.5) is 0 Å². The van der Waals surface area contributed by atoms with Gasteiger partial charge < -0.3 is 20.3 Å². The molecular weight excluding hydrogens is 304 g/mol. The third kappa shape index (κ3) is 5.36. The molecule has 0 aromatic carbocycles. The molecule has 0 bridgehead atoms. The van der Waals surface area contributed by atoms with E-state index in [2.05, 4.69) is 29.5 Å². The van der Waals surface area contributed by atoms with Gasteiger partial charge in [0.2, 0.25) is 5.91 Å². The molecule has 2 unspecified atom stereocenters. The Bertz CT molecular complexity index is 444. The summed E-state index contributed by atoms with van der Waals surface area (Å²) < 4.78 is 6.11. The highest BCUT2D eigenvalue weighted by Gasteiger charge is 2.40. The van der Waals surface area contributed by atoms with Gasteiger partial charge in [-0.1, -0.05) is 19.8 Å². The predicted octanol–water partition coefficient (Wildman–Crippen LogP) is 1.90. The van der Waals surface area contributed by atoms with Crippen LogP contribution in [0, 0.1) is 0 Å². The molecule has 1 heterocycles. The van der Waals surface area contributed by atoms with Crippen molar-refractivity contribution < 1.29 is 9.53 Å². The molecule has 0 aromatic rings. The smallest absolute Gasteiger partial charge is 0.243 e. The summed E-state index contributed by atoms with van der Waals surface area (Å²) >= 11 is 0. The summed E-state index contributed by atoms with van der Waals surface area (Å²) in [5.74, 6) is 0.763. The molecule has 1 spiro atoms. The van der Waals surface area contributed by atoms with Crippen LogP contribution in [0.15, 0.2) is 4.99 Å². The van der Waals surface area contributed by atoms with Crippen LogP contribution in [-0.4, -0.2) is 61.7 Å². The van der Waals surface area contributed by atoms with Crippen LogP contribution >= 0.6 is 0 Å². The summed E-state index contributed by atoms with van der Waals surface area (Å²) in [6, 6.07) is 0.688. The number of hydrogen-bond donors (Lipinski definition) is 2. The number of guanidine groups is 1. The highest BCUT2D eigenvalue weighted by Crippen LogP contribution is 2.39. The number of carbonyl (C=O) groups excluding carboxylic acids is 1. The molecule has 1 aliphatic heterocycles. The number of carbonyl (C=O) groups is 1. The van der Waals surface area contributed by atoms with Gasteiger partial charge >= 0.3 is 0 Å². The summed E-state index contributed by atoms with van der Waals surface area (Å²) in [5, 5.41) is 6.97. The van der Waals surface area contributed by atoms with E-state index >= 15 is 0 Å². The Hall–Kier alpha value is -1.30. The molecule has 1 aliphatic carbocycles. The van der Waals surface area contributed by atoms with E-state index in [1.165, 1.54) is 25.7 Å². The summed E-state index contributed by atoms with van der Waals surface area (Å²) in [5.41, 5.74) is 0.0802. The van der Waals surface area contributed by atoms with E-state index < -0.39 is 0 Å². The predicted molar refractivity (Wildman–Crippen MR) is 97.2 cm³/mol. The van der Waals surface area contributed by atoms with Gasteiger partial charge in [0.1, 0.15) is 6.54 Å². The summed E-state index contributed by atoms with van der Waals surface area (Å²) in [4.78, 5) is 17.9. The Morgan fingerprint density at radius 2 is 2.08 bits per heavy atom. The van der Waals surface area contributed by atoms with Crippen molar-refractivity contribution in [2.75, 3.05) is 27.2 Å². The second-order valence-electron chi connectivity index (χ2n) is 7.48. The quantitative estimate of drug-likeness (QED) is 0.593. The minimum Gasteiger partial charge on any atom is -0.375 e. The molecule has 0 radical (unpaired) electrons. The Morgan fingerprint density at radius 1 is 1.38 bits per heavy atom. The lowest BCUT2D eigenvalue weighted by atomic mass is 9.89. The lowest BCUT2D eigenvalue weighted by Gasteiger charge is -2.39. The van der Waals surface area contributed by atoms with Gasteiger partial charge in [-0.05, 0) is 39.0 Å². The highest BCUT2D eigenvalue weighted by molar-refractivity contribution is 5.85. The number of ether oxygens (including phenoxy) is 1. The number of rotatable bonds is 5. The van der Waals surface area contributed by atoms with Crippen molar-refractivity contribution in [2.45, 2.75) is 76.5 Å². The van der Waals surface area contributed by atoms with Gasteiger partial charge in [-0.2, -0.15) is 0 Å². The minimum absolute atomic E-state index is 0.0134. The molecule has 2 fully saturated rings. The molecule has 6 nitrogen and oxygen atoms in total. The number of hydrogen-bond acceptors (Lipinski definition) is 3. The van der Waals surface area contributed by atoms with Gasteiger partial charge in [-0.3, -0.25) is 4.79 Å². The monoisotopic (exact) mass is 338 g/mol. The maximum Gasteiger partial charge on any atom is 0.243 e. The third-order valence-electron chi connectivity index (χ3n) is 5.22. The summed E-state index contributed by atoms with van der Waals surface area (Å²) in [6.07, 6.45) is 7.94. The number of nitrogens with zero attached hydrogens (tertiary/aromatic N) is 2. The average molecular weight is 338 g/mol. The zero-order valence-corrected chi connectivity index (χ0v) is 15.7. The Balaban J connectivity index is 1.98. The van der Waals surface area contributed by atoms with E-state index in [1.807, 2.05) is 0 Å². The van der Waals surface area contributed by atoms with E-state index in [-0.39, 0.29) is 18.1 Å². The van der Waals surface area contributed by atoms with Crippen LogP contribution in [-0.2, 0) is 9.53 Å². The van der Waals surface area contributed by atoms with Gasteiger partial charge in [0.05, 0.1) is 5.60 Å². The Labute approximate surface area is 146 Å². The number of aliphatic imine (C=N–C) groups is 1. The maximum atomic E-state index is 11.8. The largest absolute Gasteiger partial charge is 0.375 e. The molecule has 0 aromatic heterocycles. The lowest BCUT2D eigenvalue weighted by molar-refractivity contribution is -0.127. The van der Waals surface area contributed by atoms with Crippen molar-refractivity contribution in [2.24, 2.45) is 4.99 Å². The molecule has 2 N–H and O–H groups in total. The fourth-order valence-electron chi connectivity index (χ4n) is 3.47. The fourth-order valence-corrected chi connectivity index (χ4v) is 3.47. The zero-order chi connectivity index (χ0) is 17.6. The molecule has 2 aliphatic rings. The van der Waals surface area contributed by atoms with Crippen molar-refractivity contribution in [1.29, 1.82) is 0 Å². The topological polar surface area (TPSA) is 66.0 Å². The van der Waals surface area contributed by atoms with Crippen molar-refractivity contribution >= 4 is 11.9 Å². The van der Waals surface area contributed by atoms with E-state index in [1.54, 1.807) is 19.0 Å². The van der Waals surface area contributed by atoms with Crippen molar-refractivity contribution in [3.8, 4) is 0 Å². The van der Waals surface area contributed by atoms with Crippen LogP contribution in [0.5, 0.6) is 0 Å². The highest BCUT2D eigenvalue weighted by atomic mass is 16.5. The average Bonchev–Trinajstić information content (AvgIpc) is 2.99. The third-order valence-corrected chi connectivity index (χ3v) is 5.22. The first kappa shape index (κ1) is 19.0. The van der Waals surface area contributed by atoms with Gasteiger partial charge in [0, 0.05) is 32.8 Å². The minimum atomic E-state index is 0.0134. The van der Waals surface area contributed by atoms with Crippen molar-refractivity contribution in [3.05, 3.63) is 0 Å². The van der Waals surface area contributed by atoms with Gasteiger partial charge in [-0.15, -0.1) is 0 Å². The number of nitrogens with one attached hydrogen (secondary N) is 2. The van der Waals surface area contributed by atoms with E-state index in [0.717, 1.165) is 31.8 Å². The van der Waals surface area contributed by atoms with Gasteiger partial charge in [0.15, 0.2) is 5.96 Å². The van der Waals surface area contributed by atoms with Gasteiger partial charge in [-0.25, -0.2) is 4.99 Å². The van der Waals surface area contributed by atoms with E-state index in [0.29, 0.717) is 12.1 Å². The second-order valence-corrected chi connectivity index (χ2v) is 7.48. The van der Waals surface area contributed by atoms with E-state index in [4.69, 9.17) is 4.74 Å². The Kier molecular flexibility index (Phi) is 6.90. The van der Waals surface area contributed by atoms with Crippen molar-refractivity contribution in [3.63, 3.8) is 0 Å². The normalized spacial score (nSPS) is 24.7. The SMILES string of the molecule is CCC(C)NC(=NCC(=O)N(C)C)NC1CCOC2(CCCC2)C1. The van der Waals surface area contributed by atoms with Gasteiger partial charge in [0.25, 0.3) is 0 Å². The first-order valence-corrected chi connectivity index (χ1v) is 9.36. The molecule has 138 valence electrons. The Morgan fingerprint density at radius 3 is 2.71 bits per heavy atom. The molecular formula is C18H34N4O2. The molecule has 2 atom stereocenters. The first-order chi connectivity index (χ1) is 11.4. The van der Waals surface area contributed by atoms with E-state index in [9.17, 15) is 4.79 Å². The summed E-state index contributed by atoms with van der Waals surface area (Å²) in [7, 11) is 3.52. The lowest BCUT2D eigenvalue weighted by Crippen LogP contribution is -2.52.